The van der Waals surface area contributed by atoms with Crippen molar-refractivity contribution < 1.29 is 5.11 Å². The Hall–Kier alpha value is -2.40. The second-order valence-corrected chi connectivity index (χ2v) is 10.2. The van der Waals surface area contributed by atoms with E-state index in [1.165, 1.54) is 12.0 Å². The van der Waals surface area contributed by atoms with Crippen LogP contribution in [0, 0.1) is 0 Å². The van der Waals surface area contributed by atoms with E-state index >= 15 is 0 Å². The number of aromatic hydroxyl groups is 1. The quantitative estimate of drug-likeness (QED) is 0.734. The van der Waals surface area contributed by atoms with Crippen LogP contribution in [0.4, 0.5) is 5.82 Å². The fourth-order valence-electron chi connectivity index (χ4n) is 5.27. The third-order valence-corrected chi connectivity index (χ3v) is 6.41. The van der Waals surface area contributed by atoms with Gasteiger partial charge >= 0.3 is 0 Å². The zero-order valence-corrected chi connectivity index (χ0v) is 18.9. The summed E-state index contributed by atoms with van der Waals surface area (Å²) in [6.45, 7) is 9.05. The van der Waals surface area contributed by atoms with Gasteiger partial charge in [-0.1, -0.05) is 12.1 Å². The number of aromatic nitrogens is 2. The summed E-state index contributed by atoms with van der Waals surface area (Å²) in [6, 6.07) is 10.2. The van der Waals surface area contributed by atoms with E-state index in [1.807, 2.05) is 24.3 Å². The number of allylic oxidation sites excluding steroid dienone is 2. The topological polar surface area (TPSA) is 61.3 Å². The van der Waals surface area contributed by atoms with Gasteiger partial charge in [-0.15, -0.1) is 10.2 Å². The van der Waals surface area contributed by atoms with Gasteiger partial charge in [0.1, 0.15) is 5.75 Å². The van der Waals surface area contributed by atoms with E-state index in [0.717, 1.165) is 42.6 Å². The first-order chi connectivity index (χ1) is 14.1. The predicted molar refractivity (Wildman–Crippen MR) is 124 cm³/mol. The Morgan fingerprint density at radius 1 is 1.03 bits per heavy atom. The molecule has 0 unspecified atom stereocenters. The van der Waals surface area contributed by atoms with Crippen molar-refractivity contribution in [1.29, 1.82) is 0 Å². The number of nitrogens with zero attached hydrogens (tertiary/aromatic N) is 3. The Kier molecular flexibility index (Phi) is 5.35. The zero-order valence-electron chi connectivity index (χ0n) is 18.9. The summed E-state index contributed by atoms with van der Waals surface area (Å²) in [4.78, 5) is 2.25. The lowest BCUT2D eigenvalue weighted by Crippen LogP contribution is -2.62. The minimum Gasteiger partial charge on any atom is -0.507 e. The number of phenols is 1. The maximum atomic E-state index is 10.6. The van der Waals surface area contributed by atoms with Gasteiger partial charge in [0.05, 0.1) is 5.69 Å². The average Bonchev–Trinajstić information content (AvgIpc) is 3.20. The summed E-state index contributed by atoms with van der Waals surface area (Å²) in [7, 11) is 2.10. The standard InChI is InChI=1S/C25H34N4O/c1-24(2)15-19(16-25(3,4)28-24)29(5)23-13-12-21(26-27-23)20-11-10-18(14-22(20)30)17-8-6-7-9-17/h8,10-14,19,28,30H,6-7,9,15-16H2,1-5H3. The highest BCUT2D eigenvalue weighted by Gasteiger charge is 2.39. The molecule has 0 saturated carbocycles. The Balaban J connectivity index is 1.53. The summed E-state index contributed by atoms with van der Waals surface area (Å²) < 4.78 is 0. The smallest absolute Gasteiger partial charge is 0.151 e. The normalized spacial score (nSPS) is 20.8. The van der Waals surface area contributed by atoms with Crippen molar-refractivity contribution in [2.75, 3.05) is 11.9 Å². The van der Waals surface area contributed by atoms with Gasteiger partial charge in [-0.25, -0.2) is 0 Å². The van der Waals surface area contributed by atoms with Gasteiger partial charge in [-0.3, -0.25) is 0 Å². The second-order valence-electron chi connectivity index (χ2n) is 10.2. The van der Waals surface area contributed by atoms with E-state index in [2.05, 4.69) is 67.3 Å². The van der Waals surface area contributed by atoms with E-state index < -0.39 is 0 Å². The summed E-state index contributed by atoms with van der Waals surface area (Å²) in [6.07, 6.45) is 7.78. The molecule has 2 N–H and O–H groups in total. The number of anilines is 1. The van der Waals surface area contributed by atoms with Crippen molar-refractivity contribution in [3.63, 3.8) is 0 Å². The number of phenolic OH excluding ortho intramolecular Hbond substituents is 1. The van der Waals surface area contributed by atoms with Gasteiger partial charge in [0, 0.05) is 29.7 Å². The van der Waals surface area contributed by atoms with Crippen LogP contribution in [0.5, 0.6) is 5.75 Å². The first kappa shape index (κ1) is 20.9. The molecule has 0 amide bonds. The van der Waals surface area contributed by atoms with Crippen LogP contribution in [-0.4, -0.2) is 39.5 Å². The lowest BCUT2D eigenvalue weighted by Gasteiger charge is -2.49. The Morgan fingerprint density at radius 2 is 1.77 bits per heavy atom. The van der Waals surface area contributed by atoms with Crippen LogP contribution in [0.3, 0.4) is 0 Å². The lowest BCUT2D eigenvalue weighted by molar-refractivity contribution is 0.160. The number of benzene rings is 1. The molecule has 0 atom stereocenters. The molecular formula is C25H34N4O. The molecule has 0 spiro atoms. The molecule has 1 aromatic carbocycles. The molecule has 0 bridgehead atoms. The fraction of sp³-hybridized carbons (Fsp3) is 0.520. The number of piperidine rings is 1. The monoisotopic (exact) mass is 406 g/mol. The molecule has 1 aromatic heterocycles. The maximum Gasteiger partial charge on any atom is 0.151 e. The summed E-state index contributed by atoms with van der Waals surface area (Å²) in [5.74, 6) is 1.13. The molecule has 1 aliphatic heterocycles. The number of rotatable bonds is 4. The highest BCUT2D eigenvalue weighted by atomic mass is 16.3. The van der Waals surface area contributed by atoms with Gasteiger partial charge < -0.3 is 15.3 Å². The van der Waals surface area contributed by atoms with Crippen LogP contribution in [0.25, 0.3) is 16.8 Å². The van der Waals surface area contributed by atoms with Crippen molar-refractivity contribution >= 4 is 11.4 Å². The lowest BCUT2D eigenvalue weighted by atomic mass is 9.79. The summed E-state index contributed by atoms with van der Waals surface area (Å²) in [5.41, 5.74) is 4.01. The molecule has 30 heavy (non-hydrogen) atoms. The van der Waals surface area contributed by atoms with Gasteiger partial charge in [0.15, 0.2) is 5.82 Å². The van der Waals surface area contributed by atoms with Crippen LogP contribution >= 0.6 is 0 Å². The molecular weight excluding hydrogens is 372 g/mol. The van der Waals surface area contributed by atoms with E-state index in [-0.39, 0.29) is 16.8 Å². The molecule has 1 saturated heterocycles. The van der Waals surface area contributed by atoms with Gasteiger partial charge in [0.25, 0.3) is 0 Å². The fourth-order valence-corrected chi connectivity index (χ4v) is 5.27. The molecule has 1 aliphatic carbocycles. The number of hydrogen-bond donors (Lipinski definition) is 2. The first-order valence-electron chi connectivity index (χ1n) is 11.0. The Bertz CT molecular complexity index is 930. The highest BCUT2D eigenvalue weighted by Crippen LogP contribution is 2.35. The Labute approximate surface area is 180 Å². The van der Waals surface area contributed by atoms with E-state index in [4.69, 9.17) is 0 Å². The SMILES string of the molecule is CN(c1ccc(-c2ccc(C3=CCCC3)cc2O)nn1)C1CC(C)(C)NC(C)(C)C1. The van der Waals surface area contributed by atoms with Crippen LogP contribution < -0.4 is 10.2 Å². The highest BCUT2D eigenvalue weighted by molar-refractivity contribution is 5.74. The van der Waals surface area contributed by atoms with Crippen LogP contribution in [0.2, 0.25) is 0 Å². The van der Waals surface area contributed by atoms with Crippen molar-refractivity contribution in [1.82, 2.24) is 15.5 Å². The van der Waals surface area contributed by atoms with Crippen molar-refractivity contribution in [2.45, 2.75) is 76.9 Å². The molecule has 2 aromatic rings. The van der Waals surface area contributed by atoms with Crippen LogP contribution in [0.1, 0.15) is 65.4 Å². The largest absolute Gasteiger partial charge is 0.507 e. The van der Waals surface area contributed by atoms with Gasteiger partial charge in [-0.2, -0.15) is 0 Å². The minimum absolute atomic E-state index is 0.0797. The average molecular weight is 407 g/mol. The molecule has 5 nitrogen and oxygen atoms in total. The summed E-state index contributed by atoms with van der Waals surface area (Å²) in [5, 5.41) is 23.3. The number of nitrogens with one attached hydrogen (secondary N) is 1. The van der Waals surface area contributed by atoms with E-state index in [0.29, 0.717) is 11.7 Å². The van der Waals surface area contributed by atoms with E-state index in [1.54, 1.807) is 0 Å². The van der Waals surface area contributed by atoms with Crippen LogP contribution in [0.15, 0.2) is 36.4 Å². The predicted octanol–water partition coefficient (Wildman–Crippen LogP) is 5.16. The Morgan fingerprint density at radius 3 is 2.33 bits per heavy atom. The maximum absolute atomic E-state index is 10.6. The third kappa shape index (κ3) is 4.36. The molecule has 1 fully saturated rings. The van der Waals surface area contributed by atoms with Crippen LogP contribution in [-0.2, 0) is 0 Å². The zero-order chi connectivity index (χ0) is 21.5. The molecule has 2 aliphatic rings. The van der Waals surface area contributed by atoms with Crippen molar-refractivity contribution in [2.24, 2.45) is 0 Å². The van der Waals surface area contributed by atoms with Crippen molar-refractivity contribution in [3.8, 4) is 17.0 Å². The minimum atomic E-state index is 0.0797. The third-order valence-electron chi connectivity index (χ3n) is 6.41. The molecule has 160 valence electrons. The molecule has 2 heterocycles. The van der Waals surface area contributed by atoms with Crippen molar-refractivity contribution in [3.05, 3.63) is 42.0 Å². The molecule has 5 heteroatoms. The van der Waals surface area contributed by atoms with E-state index in [9.17, 15) is 5.11 Å². The molecule has 4 rings (SSSR count). The van der Waals surface area contributed by atoms with Gasteiger partial charge in [0.2, 0.25) is 0 Å². The van der Waals surface area contributed by atoms with Gasteiger partial charge in [-0.05, 0) is 95.2 Å². The summed E-state index contributed by atoms with van der Waals surface area (Å²) >= 11 is 0. The first-order valence-corrected chi connectivity index (χ1v) is 11.0. The number of hydrogen-bond acceptors (Lipinski definition) is 5. The molecule has 0 radical (unpaired) electrons. The second kappa shape index (κ2) is 7.69.